The normalized spacial score (nSPS) is 10.7. The molecule has 0 aliphatic carbocycles. The Morgan fingerprint density at radius 3 is 2.15 bits per heavy atom. The molecule has 0 N–H and O–H groups in total. The van der Waals surface area contributed by atoms with Crippen LogP contribution < -0.4 is 0 Å². The smallest absolute Gasteiger partial charge is 0.199 e. The van der Waals surface area contributed by atoms with Crippen LogP contribution in [0.2, 0.25) is 20.1 Å². The van der Waals surface area contributed by atoms with Gasteiger partial charge in [0.25, 0.3) is 0 Å². The van der Waals surface area contributed by atoms with E-state index >= 15 is 0 Å². The van der Waals surface area contributed by atoms with Crippen molar-refractivity contribution in [3.05, 3.63) is 67.1 Å². The number of hydrogen-bond donors (Lipinski definition) is 0. The summed E-state index contributed by atoms with van der Waals surface area (Å²) < 4.78 is 26.5. The minimum absolute atomic E-state index is 0.0661. The second-order valence-corrected chi connectivity index (χ2v) is 5.37. The fraction of sp³-hybridized carbons (Fsp3) is 0. The van der Waals surface area contributed by atoms with Crippen molar-refractivity contribution in [2.45, 2.75) is 0 Å². The van der Waals surface area contributed by atoms with Gasteiger partial charge in [0.15, 0.2) is 5.78 Å². The van der Waals surface area contributed by atoms with E-state index < -0.39 is 17.4 Å². The van der Waals surface area contributed by atoms with Gasteiger partial charge in [-0.2, -0.15) is 0 Å². The van der Waals surface area contributed by atoms with Crippen LogP contribution in [-0.4, -0.2) is 5.78 Å². The number of hydrogen-bond acceptors (Lipinski definition) is 1. The molecule has 0 aliphatic rings. The first-order chi connectivity index (χ1) is 9.32. The van der Waals surface area contributed by atoms with Crippen molar-refractivity contribution in [3.63, 3.8) is 0 Å². The lowest BCUT2D eigenvalue weighted by molar-refractivity contribution is 0.103. The molecule has 0 saturated heterocycles. The zero-order valence-corrected chi connectivity index (χ0v) is 12.5. The molecule has 0 fully saturated rings. The number of rotatable bonds is 2. The predicted molar refractivity (Wildman–Crippen MR) is 76.3 cm³/mol. The topological polar surface area (TPSA) is 17.1 Å². The van der Waals surface area contributed by atoms with Gasteiger partial charge < -0.3 is 0 Å². The van der Waals surface area contributed by atoms with Crippen molar-refractivity contribution in [3.8, 4) is 0 Å². The van der Waals surface area contributed by atoms with E-state index in [1.54, 1.807) is 0 Å². The first kappa shape index (κ1) is 15.5. The van der Waals surface area contributed by atoms with E-state index in [9.17, 15) is 13.6 Å². The predicted octanol–water partition coefficient (Wildman–Crippen LogP) is 5.81. The number of ketones is 1. The van der Waals surface area contributed by atoms with E-state index in [0.717, 1.165) is 12.1 Å². The van der Waals surface area contributed by atoms with Crippen LogP contribution in [0.5, 0.6) is 0 Å². The first-order valence-corrected chi connectivity index (χ1v) is 6.67. The highest BCUT2D eigenvalue weighted by molar-refractivity contribution is 6.51. The summed E-state index contributed by atoms with van der Waals surface area (Å²) >= 11 is 23.4. The Hall–Kier alpha value is -0.870. The maximum absolute atomic E-state index is 13.6. The molecule has 0 amide bonds. The minimum atomic E-state index is -1.02. The second kappa shape index (κ2) is 5.86. The molecule has 0 aromatic heterocycles. The Kier molecular flexibility index (Phi) is 4.55. The quantitative estimate of drug-likeness (QED) is 0.377. The largest absolute Gasteiger partial charge is 0.288 e. The zero-order valence-electron chi connectivity index (χ0n) is 9.49. The minimum Gasteiger partial charge on any atom is -0.288 e. The summed E-state index contributed by atoms with van der Waals surface area (Å²) in [5.74, 6) is -2.63. The van der Waals surface area contributed by atoms with Crippen LogP contribution in [-0.2, 0) is 0 Å². The molecule has 0 heterocycles. The third-order valence-electron chi connectivity index (χ3n) is 2.52. The molecule has 2 aromatic carbocycles. The monoisotopic (exact) mass is 354 g/mol. The lowest BCUT2D eigenvalue weighted by Crippen LogP contribution is -2.07. The average Bonchev–Trinajstić information content (AvgIpc) is 2.36. The fourth-order valence-corrected chi connectivity index (χ4v) is 2.67. The van der Waals surface area contributed by atoms with E-state index in [4.69, 9.17) is 46.4 Å². The molecule has 0 radical (unpaired) electrons. The molecule has 0 atom stereocenters. The molecule has 0 spiro atoms. The lowest BCUT2D eigenvalue weighted by atomic mass is 10.0. The molecule has 1 nitrogen and oxygen atoms in total. The van der Waals surface area contributed by atoms with E-state index in [0.29, 0.717) is 6.07 Å². The summed E-state index contributed by atoms with van der Waals surface area (Å²) in [6.45, 7) is 0. The van der Waals surface area contributed by atoms with Crippen molar-refractivity contribution in [1.82, 2.24) is 0 Å². The summed E-state index contributed by atoms with van der Waals surface area (Å²) in [5, 5.41) is -0.252. The van der Waals surface area contributed by atoms with Crippen LogP contribution in [0.4, 0.5) is 8.78 Å². The van der Waals surface area contributed by atoms with Crippen molar-refractivity contribution < 1.29 is 13.6 Å². The summed E-state index contributed by atoms with van der Waals surface area (Å²) in [4.78, 5) is 12.3. The van der Waals surface area contributed by atoms with Crippen molar-refractivity contribution in [2.24, 2.45) is 0 Å². The number of benzene rings is 2. The summed E-state index contributed by atoms with van der Waals surface area (Å²) in [6, 6.07) is 3.77. The third kappa shape index (κ3) is 2.77. The molecule has 0 bridgehead atoms. The fourth-order valence-electron chi connectivity index (χ4n) is 1.58. The molecular weight excluding hydrogens is 352 g/mol. The summed E-state index contributed by atoms with van der Waals surface area (Å²) in [5.41, 5.74) is -0.554. The molecular formula is C13H4Cl4F2O. The maximum atomic E-state index is 13.6. The second-order valence-electron chi connectivity index (χ2n) is 3.80. The summed E-state index contributed by atoms with van der Waals surface area (Å²) in [7, 11) is 0. The molecule has 0 saturated carbocycles. The van der Waals surface area contributed by atoms with Crippen molar-refractivity contribution in [2.75, 3.05) is 0 Å². The molecule has 2 rings (SSSR count). The lowest BCUT2D eigenvalue weighted by Gasteiger charge is -2.09. The molecule has 0 unspecified atom stereocenters. The van der Waals surface area contributed by atoms with Gasteiger partial charge in [-0.05, 0) is 18.2 Å². The van der Waals surface area contributed by atoms with Gasteiger partial charge in [-0.15, -0.1) is 0 Å². The van der Waals surface area contributed by atoms with Crippen molar-refractivity contribution >= 4 is 52.2 Å². The Labute approximate surface area is 133 Å². The Bertz CT molecular complexity index is 716. The standard InChI is InChI=1S/C13H4Cl4F2O/c14-7-4-8(15)11(16)12(17)10(7)13(20)6-2-1-5(18)3-9(6)19/h1-4H. The highest BCUT2D eigenvalue weighted by Crippen LogP contribution is 2.38. The van der Waals surface area contributed by atoms with E-state index in [-0.39, 0.29) is 31.2 Å². The van der Waals surface area contributed by atoms with Gasteiger partial charge in [0, 0.05) is 6.07 Å². The molecule has 20 heavy (non-hydrogen) atoms. The number of carbonyl (C=O) groups is 1. The number of halogens is 6. The molecule has 7 heteroatoms. The van der Waals surface area contributed by atoms with Gasteiger partial charge in [0.05, 0.1) is 31.2 Å². The van der Waals surface area contributed by atoms with Crippen LogP contribution in [0.3, 0.4) is 0 Å². The zero-order chi connectivity index (χ0) is 15.0. The third-order valence-corrected chi connectivity index (χ3v) is 4.08. The van der Waals surface area contributed by atoms with Gasteiger partial charge in [-0.3, -0.25) is 4.79 Å². The Morgan fingerprint density at radius 1 is 0.900 bits per heavy atom. The van der Waals surface area contributed by atoms with Crippen molar-refractivity contribution in [1.29, 1.82) is 0 Å². The van der Waals surface area contributed by atoms with Gasteiger partial charge in [-0.25, -0.2) is 8.78 Å². The average molecular weight is 356 g/mol. The van der Waals surface area contributed by atoms with Crippen LogP contribution in [0, 0.1) is 11.6 Å². The molecule has 2 aromatic rings. The Morgan fingerprint density at radius 2 is 1.55 bits per heavy atom. The van der Waals surface area contributed by atoms with Gasteiger partial charge in [0.1, 0.15) is 11.6 Å². The summed E-state index contributed by atoms with van der Waals surface area (Å²) in [6.07, 6.45) is 0. The number of carbonyl (C=O) groups excluding carboxylic acids is 1. The molecule has 0 aliphatic heterocycles. The van der Waals surface area contributed by atoms with E-state index in [2.05, 4.69) is 0 Å². The van der Waals surface area contributed by atoms with Crippen LogP contribution in [0.15, 0.2) is 24.3 Å². The highest BCUT2D eigenvalue weighted by atomic mass is 35.5. The highest BCUT2D eigenvalue weighted by Gasteiger charge is 2.23. The van der Waals surface area contributed by atoms with Crippen LogP contribution >= 0.6 is 46.4 Å². The van der Waals surface area contributed by atoms with Gasteiger partial charge >= 0.3 is 0 Å². The maximum Gasteiger partial charge on any atom is 0.199 e. The molecule has 104 valence electrons. The van der Waals surface area contributed by atoms with Crippen LogP contribution in [0.25, 0.3) is 0 Å². The van der Waals surface area contributed by atoms with E-state index in [1.807, 2.05) is 0 Å². The Balaban J connectivity index is 2.63. The van der Waals surface area contributed by atoms with Gasteiger partial charge in [-0.1, -0.05) is 46.4 Å². The van der Waals surface area contributed by atoms with Gasteiger partial charge in [0.2, 0.25) is 0 Å². The first-order valence-electron chi connectivity index (χ1n) is 5.15. The van der Waals surface area contributed by atoms with E-state index in [1.165, 1.54) is 6.07 Å². The SMILES string of the molecule is O=C(c1ccc(F)cc1F)c1c(Cl)cc(Cl)c(Cl)c1Cl. The van der Waals surface area contributed by atoms with Crippen LogP contribution in [0.1, 0.15) is 15.9 Å².